The Labute approximate surface area is 151 Å². The number of benzene rings is 1. The van der Waals surface area contributed by atoms with Gasteiger partial charge in [-0.1, -0.05) is 26.8 Å². The van der Waals surface area contributed by atoms with Crippen LogP contribution in [0.5, 0.6) is 5.75 Å². The van der Waals surface area contributed by atoms with Crippen LogP contribution in [0.15, 0.2) is 24.3 Å². The Bertz CT molecular complexity index is 780. The zero-order valence-corrected chi connectivity index (χ0v) is 16.7. The summed E-state index contributed by atoms with van der Waals surface area (Å²) >= 11 is 0. The highest BCUT2D eigenvalue weighted by Gasteiger charge is 2.20. The summed E-state index contributed by atoms with van der Waals surface area (Å²) in [5, 5.41) is 3.03. The molecule has 0 aliphatic rings. The van der Waals surface area contributed by atoms with Crippen molar-refractivity contribution in [2.45, 2.75) is 59.9 Å². The smallest absolute Gasteiger partial charge is 0.257 e. The number of amides is 1. The number of aryl methyl sites for hydroxylation is 1. The summed E-state index contributed by atoms with van der Waals surface area (Å²) in [6, 6.07) is 8.22. The lowest BCUT2D eigenvalue weighted by Crippen LogP contribution is -2.16. The lowest BCUT2D eigenvalue weighted by molar-refractivity contribution is 0.102. The molecule has 0 saturated heterocycles. The first-order chi connectivity index (χ1) is 11.6. The summed E-state index contributed by atoms with van der Waals surface area (Å²) in [7, 11) is 1.62. The van der Waals surface area contributed by atoms with Crippen molar-refractivity contribution >= 4 is 11.6 Å². The van der Waals surface area contributed by atoms with E-state index in [0.29, 0.717) is 23.0 Å². The summed E-state index contributed by atoms with van der Waals surface area (Å²) < 4.78 is 7.61. The molecule has 0 radical (unpaired) electrons. The summed E-state index contributed by atoms with van der Waals surface area (Å²) in [6.07, 6.45) is 0. The van der Waals surface area contributed by atoms with Crippen molar-refractivity contribution in [1.82, 2.24) is 4.57 Å². The van der Waals surface area contributed by atoms with Crippen molar-refractivity contribution in [2.75, 3.05) is 12.4 Å². The number of carbonyl (C=O) groups excluding carboxylic acids is 1. The first-order valence-corrected chi connectivity index (χ1v) is 8.74. The van der Waals surface area contributed by atoms with Gasteiger partial charge in [-0.05, 0) is 56.9 Å². The molecule has 25 heavy (non-hydrogen) atoms. The highest BCUT2D eigenvalue weighted by Crippen LogP contribution is 2.32. The van der Waals surface area contributed by atoms with Crippen LogP contribution in [0, 0.1) is 13.8 Å². The molecule has 1 heterocycles. The number of hydrogen-bond donors (Lipinski definition) is 1. The maximum absolute atomic E-state index is 12.9. The quantitative estimate of drug-likeness (QED) is 0.825. The molecular weight excluding hydrogens is 312 g/mol. The number of nitrogens with zero attached hydrogens (tertiary/aromatic N) is 1. The Morgan fingerprint density at radius 3 is 2.28 bits per heavy atom. The van der Waals surface area contributed by atoms with Gasteiger partial charge in [-0.2, -0.15) is 0 Å². The lowest BCUT2D eigenvalue weighted by atomic mass is 9.87. The Morgan fingerprint density at radius 2 is 1.80 bits per heavy atom. The minimum Gasteiger partial charge on any atom is -0.495 e. The molecule has 2 aromatic rings. The highest BCUT2D eigenvalue weighted by atomic mass is 16.5. The third-order valence-electron chi connectivity index (χ3n) is 4.56. The molecule has 0 fully saturated rings. The largest absolute Gasteiger partial charge is 0.495 e. The Morgan fingerprint density at radius 1 is 1.16 bits per heavy atom. The van der Waals surface area contributed by atoms with Crippen LogP contribution < -0.4 is 10.1 Å². The number of anilines is 1. The molecule has 0 aliphatic heterocycles. The molecule has 0 atom stereocenters. The van der Waals surface area contributed by atoms with Crippen LogP contribution in [0.1, 0.15) is 68.0 Å². The fourth-order valence-corrected chi connectivity index (χ4v) is 3.26. The SMILES string of the molecule is COc1ccc(C(C)(C)C)cc1NC(=O)c1cc(C)n(C(C)C)c1C. The molecule has 0 spiro atoms. The molecular formula is C21H30N2O2. The predicted molar refractivity (Wildman–Crippen MR) is 104 cm³/mol. The molecule has 4 nitrogen and oxygen atoms in total. The third-order valence-corrected chi connectivity index (χ3v) is 4.56. The molecule has 4 heteroatoms. The number of ether oxygens (including phenoxy) is 1. The van der Waals surface area contributed by atoms with Gasteiger partial charge in [0.2, 0.25) is 0 Å². The van der Waals surface area contributed by atoms with E-state index in [1.165, 1.54) is 0 Å². The molecule has 0 bridgehead atoms. The topological polar surface area (TPSA) is 43.3 Å². The molecule has 136 valence electrons. The zero-order chi connectivity index (χ0) is 18.9. The summed E-state index contributed by atoms with van der Waals surface area (Å²) in [6.45, 7) is 14.7. The van der Waals surface area contributed by atoms with Gasteiger partial charge >= 0.3 is 0 Å². The van der Waals surface area contributed by atoms with Crippen LogP contribution in [-0.4, -0.2) is 17.6 Å². The lowest BCUT2D eigenvalue weighted by Gasteiger charge is -2.21. The van der Waals surface area contributed by atoms with Crippen molar-refractivity contribution in [3.8, 4) is 5.75 Å². The summed E-state index contributed by atoms with van der Waals surface area (Å²) in [5.41, 5.74) is 4.63. The maximum atomic E-state index is 12.9. The summed E-state index contributed by atoms with van der Waals surface area (Å²) in [4.78, 5) is 12.9. The second-order valence-electron chi connectivity index (χ2n) is 7.87. The molecule has 0 unspecified atom stereocenters. The van der Waals surface area contributed by atoms with Gasteiger partial charge in [0.15, 0.2) is 0 Å². The van der Waals surface area contributed by atoms with Crippen LogP contribution in [0.4, 0.5) is 5.69 Å². The van der Waals surface area contributed by atoms with E-state index in [-0.39, 0.29) is 11.3 Å². The van der Waals surface area contributed by atoms with Gasteiger partial charge in [-0.25, -0.2) is 0 Å². The molecule has 1 aromatic heterocycles. The van der Waals surface area contributed by atoms with Crippen LogP contribution in [-0.2, 0) is 5.41 Å². The predicted octanol–water partition coefficient (Wildman–Crippen LogP) is 5.24. The number of carbonyl (C=O) groups is 1. The van der Waals surface area contributed by atoms with Gasteiger partial charge in [0.1, 0.15) is 5.75 Å². The minimum atomic E-state index is -0.107. The number of rotatable bonds is 4. The Kier molecular flexibility index (Phi) is 5.31. The van der Waals surface area contributed by atoms with E-state index in [9.17, 15) is 4.79 Å². The number of hydrogen-bond acceptors (Lipinski definition) is 2. The average molecular weight is 342 g/mol. The van der Waals surface area contributed by atoms with E-state index in [1.54, 1.807) is 7.11 Å². The van der Waals surface area contributed by atoms with Crippen LogP contribution in [0.3, 0.4) is 0 Å². The second kappa shape index (κ2) is 6.95. The van der Waals surface area contributed by atoms with Crippen molar-refractivity contribution in [2.24, 2.45) is 0 Å². The molecule has 0 saturated carbocycles. The monoisotopic (exact) mass is 342 g/mol. The zero-order valence-electron chi connectivity index (χ0n) is 16.7. The van der Waals surface area contributed by atoms with E-state index in [0.717, 1.165) is 17.0 Å². The van der Waals surface area contributed by atoms with Crippen LogP contribution in [0.2, 0.25) is 0 Å². The van der Waals surface area contributed by atoms with E-state index in [4.69, 9.17) is 4.74 Å². The molecule has 2 rings (SSSR count). The number of aromatic nitrogens is 1. The van der Waals surface area contributed by atoms with Crippen molar-refractivity contribution < 1.29 is 9.53 Å². The average Bonchev–Trinajstić information content (AvgIpc) is 2.81. The molecule has 1 amide bonds. The van der Waals surface area contributed by atoms with E-state index in [1.807, 2.05) is 38.1 Å². The van der Waals surface area contributed by atoms with Crippen molar-refractivity contribution in [3.05, 3.63) is 46.8 Å². The van der Waals surface area contributed by atoms with E-state index in [2.05, 4.69) is 44.5 Å². The van der Waals surface area contributed by atoms with Gasteiger partial charge in [0.05, 0.1) is 18.4 Å². The van der Waals surface area contributed by atoms with Crippen LogP contribution >= 0.6 is 0 Å². The van der Waals surface area contributed by atoms with Gasteiger partial charge in [0, 0.05) is 17.4 Å². The first-order valence-electron chi connectivity index (χ1n) is 8.74. The normalized spacial score (nSPS) is 11.7. The van der Waals surface area contributed by atoms with Gasteiger partial charge in [0.25, 0.3) is 5.91 Å². The minimum absolute atomic E-state index is 0.000769. The number of methoxy groups -OCH3 is 1. The second-order valence-corrected chi connectivity index (χ2v) is 7.87. The van der Waals surface area contributed by atoms with E-state index >= 15 is 0 Å². The highest BCUT2D eigenvalue weighted by molar-refractivity contribution is 6.06. The molecule has 1 N–H and O–H groups in total. The number of nitrogens with one attached hydrogen (secondary N) is 1. The van der Waals surface area contributed by atoms with Crippen molar-refractivity contribution in [3.63, 3.8) is 0 Å². The molecule has 1 aromatic carbocycles. The van der Waals surface area contributed by atoms with Gasteiger partial charge in [-0.15, -0.1) is 0 Å². The fourth-order valence-electron chi connectivity index (χ4n) is 3.26. The van der Waals surface area contributed by atoms with Gasteiger partial charge < -0.3 is 14.6 Å². The molecule has 0 aliphatic carbocycles. The standard InChI is InChI=1S/C21H30N2O2/c1-13(2)23-14(3)11-17(15(23)4)20(24)22-18-12-16(21(5,6)7)9-10-19(18)25-8/h9-13H,1-8H3,(H,22,24). The summed E-state index contributed by atoms with van der Waals surface area (Å²) in [5.74, 6) is 0.559. The maximum Gasteiger partial charge on any atom is 0.257 e. The fraction of sp³-hybridized carbons (Fsp3) is 0.476. The van der Waals surface area contributed by atoms with Gasteiger partial charge in [-0.3, -0.25) is 4.79 Å². The Hall–Kier alpha value is -2.23. The Balaban J connectivity index is 2.40. The first kappa shape index (κ1) is 19.1. The van der Waals surface area contributed by atoms with Crippen molar-refractivity contribution in [1.29, 1.82) is 0 Å². The third kappa shape index (κ3) is 3.89. The van der Waals surface area contributed by atoms with Crippen LogP contribution in [0.25, 0.3) is 0 Å². The van der Waals surface area contributed by atoms with E-state index < -0.39 is 0 Å².